The maximum atomic E-state index is 10.6. The Hall–Kier alpha value is -2.02. The van der Waals surface area contributed by atoms with E-state index < -0.39 is 0 Å². The lowest BCUT2D eigenvalue weighted by molar-refractivity contribution is 0.511. The van der Waals surface area contributed by atoms with Crippen molar-refractivity contribution in [2.75, 3.05) is 0 Å². The molecule has 118 valence electrons. The lowest BCUT2D eigenvalue weighted by Gasteiger charge is -2.11. The Morgan fingerprint density at radius 2 is 1.91 bits per heavy atom. The molecule has 0 bridgehead atoms. The molecule has 1 nitrogen and oxygen atoms in total. The number of aryl methyl sites for hydroxylation is 2. The summed E-state index contributed by atoms with van der Waals surface area (Å²) in [5.74, 6) is 0.319. The summed E-state index contributed by atoms with van der Waals surface area (Å²) in [6, 6.07) is 6.22. The Bertz CT molecular complexity index is 627. The zero-order valence-electron chi connectivity index (χ0n) is 14.5. The van der Waals surface area contributed by atoms with Crippen LogP contribution in [0.25, 0.3) is 5.76 Å². The topological polar surface area (TPSA) is 20.2 Å². The summed E-state index contributed by atoms with van der Waals surface area (Å²) in [6.07, 6.45) is 7.60. The maximum absolute atomic E-state index is 10.6. The molecule has 0 aromatic heterocycles. The molecule has 0 saturated carbocycles. The fourth-order valence-corrected chi connectivity index (χ4v) is 2.48. The molecule has 22 heavy (non-hydrogen) atoms. The Kier molecular flexibility index (Phi) is 6.91. The van der Waals surface area contributed by atoms with E-state index >= 15 is 0 Å². The van der Waals surface area contributed by atoms with Crippen molar-refractivity contribution in [2.45, 2.75) is 47.5 Å². The second-order valence-corrected chi connectivity index (χ2v) is 5.67. The van der Waals surface area contributed by atoms with E-state index in [2.05, 4.69) is 39.5 Å². The summed E-state index contributed by atoms with van der Waals surface area (Å²) in [6.45, 7) is 14.2. The molecule has 0 aliphatic rings. The quantitative estimate of drug-likeness (QED) is 0.481. The average Bonchev–Trinajstić information content (AvgIpc) is 2.51. The first-order valence-corrected chi connectivity index (χ1v) is 7.94. The van der Waals surface area contributed by atoms with Crippen molar-refractivity contribution in [1.29, 1.82) is 0 Å². The van der Waals surface area contributed by atoms with Gasteiger partial charge in [0.05, 0.1) is 0 Å². The summed E-state index contributed by atoms with van der Waals surface area (Å²) in [5.41, 5.74) is 6.74. The summed E-state index contributed by atoms with van der Waals surface area (Å²) >= 11 is 0. The van der Waals surface area contributed by atoms with Crippen LogP contribution in [0.15, 0.2) is 59.7 Å². The molecular weight excluding hydrogens is 268 g/mol. The van der Waals surface area contributed by atoms with Gasteiger partial charge in [0.2, 0.25) is 0 Å². The summed E-state index contributed by atoms with van der Waals surface area (Å²) in [7, 11) is 0. The van der Waals surface area contributed by atoms with Gasteiger partial charge in [0.1, 0.15) is 5.76 Å². The molecule has 0 aliphatic heterocycles. The fourth-order valence-electron chi connectivity index (χ4n) is 2.48. The van der Waals surface area contributed by atoms with Gasteiger partial charge in [-0.15, -0.1) is 0 Å². The second kappa shape index (κ2) is 8.43. The first-order chi connectivity index (χ1) is 10.4. The van der Waals surface area contributed by atoms with Gasteiger partial charge in [0.15, 0.2) is 0 Å². The van der Waals surface area contributed by atoms with Crippen LogP contribution >= 0.6 is 0 Å². The highest BCUT2D eigenvalue weighted by Crippen LogP contribution is 2.25. The van der Waals surface area contributed by atoms with Crippen molar-refractivity contribution in [3.05, 3.63) is 76.4 Å². The first-order valence-electron chi connectivity index (χ1n) is 7.94. The third-order valence-electron chi connectivity index (χ3n) is 4.04. The number of aliphatic hydroxyl groups is 1. The van der Waals surface area contributed by atoms with Crippen LogP contribution in [-0.4, -0.2) is 5.11 Å². The van der Waals surface area contributed by atoms with Crippen LogP contribution < -0.4 is 0 Å². The van der Waals surface area contributed by atoms with E-state index in [9.17, 15) is 5.11 Å². The molecule has 0 atom stereocenters. The van der Waals surface area contributed by atoms with Crippen LogP contribution in [0.5, 0.6) is 0 Å². The molecule has 1 aromatic carbocycles. The average molecular weight is 296 g/mol. The van der Waals surface area contributed by atoms with Gasteiger partial charge in [-0.1, -0.05) is 56.4 Å². The SMILES string of the molecule is C=C/C=C(C)/C(/C=C(/O)c1ccc(CC)cc1C)=C(/C)CC. The normalized spacial score (nSPS) is 13.9. The van der Waals surface area contributed by atoms with Gasteiger partial charge in [-0.25, -0.2) is 0 Å². The molecule has 0 heterocycles. The third kappa shape index (κ3) is 4.49. The van der Waals surface area contributed by atoms with Gasteiger partial charge >= 0.3 is 0 Å². The summed E-state index contributed by atoms with van der Waals surface area (Å²) in [5, 5.41) is 10.6. The lowest BCUT2D eigenvalue weighted by Crippen LogP contribution is -1.94. The second-order valence-electron chi connectivity index (χ2n) is 5.67. The predicted octanol–water partition coefficient (Wildman–Crippen LogP) is 6.32. The van der Waals surface area contributed by atoms with Crippen LogP contribution in [0, 0.1) is 6.92 Å². The van der Waals surface area contributed by atoms with Crippen molar-refractivity contribution in [3.8, 4) is 0 Å². The van der Waals surface area contributed by atoms with Crippen molar-refractivity contribution in [1.82, 2.24) is 0 Å². The van der Waals surface area contributed by atoms with Crippen molar-refractivity contribution in [2.24, 2.45) is 0 Å². The molecule has 1 aromatic rings. The molecule has 1 N–H and O–H groups in total. The Labute approximate surface area is 135 Å². The molecule has 0 radical (unpaired) electrons. The Morgan fingerprint density at radius 1 is 1.23 bits per heavy atom. The zero-order chi connectivity index (χ0) is 16.7. The molecule has 0 fully saturated rings. The fraction of sp³-hybridized carbons (Fsp3) is 0.333. The van der Waals surface area contributed by atoms with E-state index in [-0.39, 0.29) is 0 Å². The summed E-state index contributed by atoms with van der Waals surface area (Å²) < 4.78 is 0. The van der Waals surface area contributed by atoms with Crippen LogP contribution in [-0.2, 0) is 6.42 Å². The lowest BCUT2D eigenvalue weighted by atomic mass is 9.96. The molecular formula is C21H28O. The summed E-state index contributed by atoms with van der Waals surface area (Å²) in [4.78, 5) is 0. The minimum Gasteiger partial charge on any atom is -0.507 e. The number of hydrogen-bond acceptors (Lipinski definition) is 1. The smallest absolute Gasteiger partial charge is 0.123 e. The Balaban J connectivity index is 3.33. The zero-order valence-corrected chi connectivity index (χ0v) is 14.5. The number of hydrogen-bond donors (Lipinski definition) is 1. The highest BCUT2D eigenvalue weighted by Gasteiger charge is 2.08. The van der Waals surface area contributed by atoms with Crippen molar-refractivity contribution in [3.63, 3.8) is 0 Å². The van der Waals surface area contributed by atoms with Gasteiger partial charge in [-0.2, -0.15) is 0 Å². The molecule has 1 rings (SSSR count). The van der Waals surface area contributed by atoms with Gasteiger partial charge in [-0.3, -0.25) is 0 Å². The van der Waals surface area contributed by atoms with E-state index in [0.29, 0.717) is 5.76 Å². The van der Waals surface area contributed by atoms with E-state index in [1.165, 1.54) is 11.1 Å². The van der Waals surface area contributed by atoms with E-state index in [4.69, 9.17) is 0 Å². The molecule has 1 heteroatoms. The van der Waals surface area contributed by atoms with E-state index in [0.717, 1.165) is 35.1 Å². The Morgan fingerprint density at radius 3 is 2.41 bits per heavy atom. The first kappa shape index (κ1) is 18.0. The van der Waals surface area contributed by atoms with Crippen LogP contribution in [0.4, 0.5) is 0 Å². The maximum Gasteiger partial charge on any atom is 0.123 e. The van der Waals surface area contributed by atoms with E-state index in [1.807, 2.05) is 32.1 Å². The standard InChI is InChI=1S/C21H28O/c1-7-10-16(5)20(15(4)8-2)14-21(22)19-12-11-18(9-3)13-17(19)6/h7,10-14,22H,1,8-9H2,2-6H3/b16-10+,20-15-,21-14+. The van der Waals surface area contributed by atoms with Gasteiger partial charge < -0.3 is 5.11 Å². The minimum atomic E-state index is 0.319. The highest BCUT2D eigenvalue weighted by molar-refractivity contribution is 5.67. The van der Waals surface area contributed by atoms with E-state index in [1.54, 1.807) is 6.08 Å². The molecule has 0 amide bonds. The van der Waals surface area contributed by atoms with Gasteiger partial charge in [-0.05, 0) is 62.0 Å². The van der Waals surface area contributed by atoms with Gasteiger partial charge in [0.25, 0.3) is 0 Å². The van der Waals surface area contributed by atoms with Gasteiger partial charge in [0, 0.05) is 5.56 Å². The molecule has 0 saturated heterocycles. The minimum absolute atomic E-state index is 0.319. The molecule has 0 spiro atoms. The third-order valence-corrected chi connectivity index (χ3v) is 4.04. The number of rotatable bonds is 6. The number of aliphatic hydroxyl groups excluding tert-OH is 1. The molecule has 0 unspecified atom stereocenters. The number of allylic oxidation sites excluding steroid dienone is 6. The van der Waals surface area contributed by atoms with Crippen LogP contribution in [0.3, 0.4) is 0 Å². The van der Waals surface area contributed by atoms with Crippen LogP contribution in [0.2, 0.25) is 0 Å². The highest BCUT2D eigenvalue weighted by atomic mass is 16.3. The van der Waals surface area contributed by atoms with Crippen molar-refractivity contribution < 1.29 is 5.11 Å². The predicted molar refractivity (Wildman–Crippen MR) is 98.1 cm³/mol. The van der Waals surface area contributed by atoms with Crippen LogP contribution in [0.1, 0.15) is 50.8 Å². The monoisotopic (exact) mass is 296 g/mol. The largest absolute Gasteiger partial charge is 0.507 e. The van der Waals surface area contributed by atoms with Crippen molar-refractivity contribution >= 4 is 5.76 Å². The number of benzene rings is 1. The molecule has 0 aliphatic carbocycles.